The molecule has 0 aliphatic carbocycles. The number of hydrogen-bond donors (Lipinski definition) is 1. The van der Waals surface area contributed by atoms with Crippen molar-refractivity contribution in [2.45, 2.75) is 38.9 Å². The first-order chi connectivity index (χ1) is 8.29. The third kappa shape index (κ3) is 3.41. The third-order valence-corrected chi connectivity index (χ3v) is 2.95. The number of hydrogen-bond acceptors (Lipinski definition) is 4. The molecule has 1 fully saturated rings. The van der Waals surface area contributed by atoms with E-state index < -0.39 is 0 Å². The van der Waals surface area contributed by atoms with Crippen LogP contribution in [0, 0.1) is 6.92 Å². The van der Waals surface area contributed by atoms with Crippen LogP contribution in [0.4, 0.5) is 0 Å². The predicted octanol–water partition coefficient (Wildman–Crippen LogP) is 1.83. The molecular formula is C13H19NO3. The topological polar surface area (TPSA) is 51.6 Å². The molecule has 1 aromatic heterocycles. The first-order valence-corrected chi connectivity index (χ1v) is 6.10. The van der Waals surface area contributed by atoms with Crippen molar-refractivity contribution in [2.75, 3.05) is 13.2 Å². The summed E-state index contributed by atoms with van der Waals surface area (Å²) in [5.41, 5.74) is 1.62. The van der Waals surface area contributed by atoms with Crippen LogP contribution in [0.25, 0.3) is 0 Å². The largest absolute Gasteiger partial charge is 0.490 e. The van der Waals surface area contributed by atoms with Crippen LogP contribution in [0.5, 0.6) is 5.75 Å². The lowest BCUT2D eigenvalue weighted by molar-refractivity contribution is -0.0114. The molecule has 1 N–H and O–H groups in total. The summed E-state index contributed by atoms with van der Waals surface area (Å²) in [6.07, 6.45) is 5.25. The van der Waals surface area contributed by atoms with Crippen LogP contribution < -0.4 is 4.74 Å². The Labute approximate surface area is 102 Å². The fourth-order valence-corrected chi connectivity index (χ4v) is 1.94. The van der Waals surface area contributed by atoms with Gasteiger partial charge in [0.2, 0.25) is 0 Å². The average Bonchev–Trinajstić information content (AvgIpc) is 2.38. The van der Waals surface area contributed by atoms with Crippen molar-refractivity contribution < 1.29 is 14.6 Å². The molecule has 2 rings (SSSR count). The maximum absolute atomic E-state index is 9.20. The van der Waals surface area contributed by atoms with Crippen LogP contribution >= 0.6 is 0 Å². The summed E-state index contributed by atoms with van der Waals surface area (Å²) in [6, 6.07) is 1.86. The number of nitrogens with zero attached hydrogens (tertiary/aromatic N) is 1. The fourth-order valence-electron chi connectivity index (χ4n) is 1.94. The van der Waals surface area contributed by atoms with Crippen molar-refractivity contribution in [1.82, 2.24) is 4.98 Å². The van der Waals surface area contributed by atoms with Gasteiger partial charge in [0.1, 0.15) is 12.4 Å². The van der Waals surface area contributed by atoms with Gasteiger partial charge >= 0.3 is 0 Å². The second-order valence-corrected chi connectivity index (χ2v) is 4.39. The van der Waals surface area contributed by atoms with Gasteiger partial charge in [0.15, 0.2) is 0 Å². The van der Waals surface area contributed by atoms with Crippen LogP contribution in [-0.2, 0) is 11.3 Å². The molecule has 17 heavy (non-hydrogen) atoms. The Bertz CT molecular complexity index is 362. The normalized spacial score (nSPS) is 20.2. The molecule has 1 unspecified atom stereocenters. The molecule has 94 valence electrons. The fraction of sp³-hybridized carbons (Fsp3) is 0.615. The van der Waals surface area contributed by atoms with E-state index in [9.17, 15) is 5.11 Å². The number of aliphatic hydroxyl groups excluding tert-OH is 1. The monoisotopic (exact) mass is 237 g/mol. The third-order valence-electron chi connectivity index (χ3n) is 2.95. The van der Waals surface area contributed by atoms with Crippen molar-refractivity contribution in [3.8, 4) is 5.75 Å². The van der Waals surface area contributed by atoms with Gasteiger partial charge < -0.3 is 14.6 Å². The number of aliphatic hydroxyl groups is 1. The molecule has 0 saturated carbocycles. The number of aryl methyl sites for hydroxylation is 1. The van der Waals surface area contributed by atoms with Gasteiger partial charge in [-0.2, -0.15) is 0 Å². The SMILES string of the molecule is Cc1cc(OCC2CCCCO2)c(CO)cn1. The van der Waals surface area contributed by atoms with Gasteiger partial charge in [-0.05, 0) is 26.2 Å². The van der Waals surface area contributed by atoms with E-state index in [2.05, 4.69) is 4.98 Å². The summed E-state index contributed by atoms with van der Waals surface area (Å²) < 4.78 is 11.3. The summed E-state index contributed by atoms with van der Waals surface area (Å²) in [6.45, 7) is 3.24. The number of rotatable bonds is 4. The zero-order chi connectivity index (χ0) is 12.1. The van der Waals surface area contributed by atoms with Crippen molar-refractivity contribution in [3.63, 3.8) is 0 Å². The van der Waals surface area contributed by atoms with Crippen molar-refractivity contribution >= 4 is 0 Å². The van der Waals surface area contributed by atoms with Crippen LogP contribution in [0.3, 0.4) is 0 Å². The van der Waals surface area contributed by atoms with Crippen LogP contribution in [0.1, 0.15) is 30.5 Å². The summed E-state index contributed by atoms with van der Waals surface area (Å²) in [7, 11) is 0. The highest BCUT2D eigenvalue weighted by molar-refractivity contribution is 5.32. The van der Waals surface area contributed by atoms with Crippen LogP contribution in [-0.4, -0.2) is 29.4 Å². The Hall–Kier alpha value is -1.13. The van der Waals surface area contributed by atoms with E-state index in [0.29, 0.717) is 12.4 Å². The minimum Gasteiger partial charge on any atom is -0.490 e. The van der Waals surface area contributed by atoms with E-state index in [-0.39, 0.29) is 12.7 Å². The molecular weight excluding hydrogens is 218 g/mol. The van der Waals surface area contributed by atoms with Gasteiger partial charge in [0.25, 0.3) is 0 Å². The molecule has 1 atom stereocenters. The molecule has 4 heteroatoms. The Morgan fingerprint density at radius 3 is 3.12 bits per heavy atom. The number of aromatic nitrogens is 1. The first-order valence-electron chi connectivity index (χ1n) is 6.10. The van der Waals surface area contributed by atoms with Gasteiger partial charge in [0.05, 0.1) is 12.7 Å². The summed E-state index contributed by atoms with van der Waals surface area (Å²) >= 11 is 0. The lowest BCUT2D eigenvalue weighted by Crippen LogP contribution is -2.26. The highest BCUT2D eigenvalue weighted by Gasteiger charge is 2.15. The number of ether oxygens (including phenoxy) is 2. The first kappa shape index (κ1) is 12.3. The van der Waals surface area contributed by atoms with E-state index in [4.69, 9.17) is 9.47 Å². The zero-order valence-corrected chi connectivity index (χ0v) is 10.2. The molecule has 0 radical (unpaired) electrons. The molecule has 4 nitrogen and oxygen atoms in total. The highest BCUT2D eigenvalue weighted by atomic mass is 16.5. The molecule has 1 aromatic rings. The quantitative estimate of drug-likeness (QED) is 0.868. The molecule has 0 spiro atoms. The summed E-state index contributed by atoms with van der Waals surface area (Å²) in [5.74, 6) is 0.717. The Kier molecular flexibility index (Phi) is 4.34. The van der Waals surface area contributed by atoms with E-state index >= 15 is 0 Å². The predicted molar refractivity (Wildman–Crippen MR) is 64.0 cm³/mol. The van der Waals surface area contributed by atoms with Gasteiger partial charge in [-0.3, -0.25) is 4.98 Å². The maximum atomic E-state index is 9.20. The summed E-state index contributed by atoms with van der Waals surface area (Å²) in [4.78, 5) is 4.13. The van der Waals surface area contributed by atoms with E-state index in [1.807, 2.05) is 13.0 Å². The number of pyridine rings is 1. The van der Waals surface area contributed by atoms with Gasteiger partial charge in [-0.1, -0.05) is 0 Å². The zero-order valence-electron chi connectivity index (χ0n) is 10.2. The minimum atomic E-state index is -0.0475. The second kappa shape index (κ2) is 5.98. The van der Waals surface area contributed by atoms with Crippen molar-refractivity contribution in [1.29, 1.82) is 0 Å². The maximum Gasteiger partial charge on any atom is 0.128 e. The van der Waals surface area contributed by atoms with Crippen LogP contribution in [0.15, 0.2) is 12.3 Å². The standard InChI is InChI=1S/C13H19NO3/c1-10-6-13(11(8-15)7-14-10)17-9-12-4-2-3-5-16-12/h6-7,12,15H,2-5,8-9H2,1H3. The average molecular weight is 237 g/mol. The molecule has 1 aliphatic rings. The molecule has 2 heterocycles. The van der Waals surface area contributed by atoms with E-state index in [1.54, 1.807) is 6.20 Å². The Morgan fingerprint density at radius 1 is 1.53 bits per heavy atom. The smallest absolute Gasteiger partial charge is 0.128 e. The van der Waals surface area contributed by atoms with E-state index in [1.165, 1.54) is 6.42 Å². The Balaban J connectivity index is 1.95. The van der Waals surface area contributed by atoms with Gasteiger partial charge in [0, 0.05) is 30.1 Å². The second-order valence-electron chi connectivity index (χ2n) is 4.39. The lowest BCUT2D eigenvalue weighted by Gasteiger charge is -2.23. The van der Waals surface area contributed by atoms with Gasteiger partial charge in [-0.15, -0.1) is 0 Å². The highest BCUT2D eigenvalue weighted by Crippen LogP contribution is 2.20. The molecule has 0 amide bonds. The van der Waals surface area contributed by atoms with Crippen molar-refractivity contribution in [2.24, 2.45) is 0 Å². The Morgan fingerprint density at radius 2 is 2.41 bits per heavy atom. The van der Waals surface area contributed by atoms with Gasteiger partial charge in [-0.25, -0.2) is 0 Å². The molecule has 1 saturated heterocycles. The van der Waals surface area contributed by atoms with Crippen molar-refractivity contribution in [3.05, 3.63) is 23.5 Å². The lowest BCUT2D eigenvalue weighted by atomic mass is 10.1. The van der Waals surface area contributed by atoms with Crippen LogP contribution in [0.2, 0.25) is 0 Å². The van der Waals surface area contributed by atoms with E-state index in [0.717, 1.165) is 30.7 Å². The molecule has 0 aromatic carbocycles. The summed E-state index contributed by atoms with van der Waals surface area (Å²) in [5, 5.41) is 9.20. The molecule has 0 bridgehead atoms. The minimum absolute atomic E-state index is 0.0475. The molecule has 1 aliphatic heterocycles.